The van der Waals surface area contributed by atoms with Gasteiger partial charge < -0.3 is 19.3 Å². The Labute approximate surface area is 169 Å². The molecule has 1 aromatic rings. The molecule has 1 fully saturated rings. The number of halogens is 1. The number of ether oxygens (including phenoxy) is 3. The summed E-state index contributed by atoms with van der Waals surface area (Å²) < 4.78 is 15.9. The fourth-order valence-corrected chi connectivity index (χ4v) is 2.47. The minimum atomic E-state index is -0.981. The summed E-state index contributed by atoms with van der Waals surface area (Å²) in [6, 6.07) is 9.54. The van der Waals surface area contributed by atoms with Crippen LogP contribution in [0.5, 0.6) is 0 Å². The van der Waals surface area contributed by atoms with E-state index in [1.807, 2.05) is 37.3 Å². The Hall–Kier alpha value is -3.00. The average Bonchev–Trinajstić information content (AvgIpc) is 3.04. The van der Waals surface area contributed by atoms with Crippen LogP contribution in [-0.4, -0.2) is 48.4 Å². The Morgan fingerprint density at radius 3 is 2.38 bits per heavy atom. The summed E-state index contributed by atoms with van der Waals surface area (Å²) in [6.07, 6.45) is 4.44. The summed E-state index contributed by atoms with van der Waals surface area (Å²) in [5.41, 5.74) is 0.941. The van der Waals surface area contributed by atoms with Gasteiger partial charge >= 0.3 is 17.9 Å². The van der Waals surface area contributed by atoms with Crippen LogP contribution in [0.1, 0.15) is 25.8 Å². The number of aliphatic carboxylic acids is 1. The second-order valence-corrected chi connectivity index (χ2v) is 6.23. The van der Waals surface area contributed by atoms with Crippen molar-refractivity contribution in [1.82, 2.24) is 0 Å². The van der Waals surface area contributed by atoms with Gasteiger partial charge in [0.05, 0.1) is 12.2 Å². The minimum Gasteiger partial charge on any atom is -0.478 e. The molecule has 1 aliphatic heterocycles. The van der Waals surface area contributed by atoms with Crippen LogP contribution in [0, 0.1) is 5.92 Å². The highest BCUT2D eigenvalue weighted by Crippen LogP contribution is 2.26. The second kappa shape index (κ2) is 14.1. The SMILES string of the molecule is C=CC(=O)O.CC(=O)OCC1O[C@H](COC(=O)/C=C/c2ccccc2)C[C@@H]1C.F. The molecule has 0 saturated carbocycles. The molecule has 0 spiro atoms. The maximum atomic E-state index is 11.7. The largest absolute Gasteiger partial charge is 0.478 e. The van der Waals surface area contributed by atoms with E-state index in [1.165, 1.54) is 13.0 Å². The molecule has 0 aliphatic carbocycles. The van der Waals surface area contributed by atoms with Crippen molar-refractivity contribution in [2.75, 3.05) is 13.2 Å². The van der Waals surface area contributed by atoms with E-state index in [4.69, 9.17) is 19.3 Å². The highest BCUT2D eigenvalue weighted by Gasteiger charge is 2.33. The first-order chi connectivity index (χ1) is 13.3. The van der Waals surface area contributed by atoms with E-state index < -0.39 is 11.9 Å². The lowest BCUT2D eigenvalue weighted by atomic mass is 10.0. The lowest BCUT2D eigenvalue weighted by molar-refractivity contribution is -0.147. The van der Waals surface area contributed by atoms with Crippen molar-refractivity contribution < 1.29 is 38.4 Å². The van der Waals surface area contributed by atoms with Gasteiger partial charge in [-0.2, -0.15) is 0 Å². The molecule has 1 N–H and O–H groups in total. The quantitative estimate of drug-likeness (QED) is 0.545. The van der Waals surface area contributed by atoms with Crippen LogP contribution in [-0.2, 0) is 28.6 Å². The Morgan fingerprint density at radius 2 is 1.83 bits per heavy atom. The van der Waals surface area contributed by atoms with Crippen molar-refractivity contribution in [3.8, 4) is 0 Å². The zero-order valence-electron chi connectivity index (χ0n) is 16.5. The van der Waals surface area contributed by atoms with Gasteiger partial charge in [0.15, 0.2) is 0 Å². The van der Waals surface area contributed by atoms with Gasteiger partial charge in [0.1, 0.15) is 13.2 Å². The third-order valence-corrected chi connectivity index (χ3v) is 3.89. The number of hydrogen-bond acceptors (Lipinski definition) is 6. The van der Waals surface area contributed by atoms with E-state index in [0.717, 1.165) is 18.1 Å². The standard InChI is InChI=1S/C18H22O5.C3H4O2.FH/c1-13-10-16(23-17(13)12-21-14(2)19)11-22-18(20)9-8-15-6-4-3-5-7-15;1-2-3(4)5;/h3-9,13,16-17H,10-12H2,1-2H3;2H,1H2,(H,4,5);1H/b9-8+;;/t13-,16-,17?;;/m0../s1. The maximum absolute atomic E-state index is 11.7. The summed E-state index contributed by atoms with van der Waals surface area (Å²) in [5, 5.41) is 7.60. The molecule has 2 rings (SSSR count). The van der Waals surface area contributed by atoms with Crippen molar-refractivity contribution in [3.05, 3.63) is 54.6 Å². The Balaban J connectivity index is 0.00000117. The van der Waals surface area contributed by atoms with Gasteiger partial charge in [0.2, 0.25) is 0 Å². The van der Waals surface area contributed by atoms with Crippen LogP contribution in [0.25, 0.3) is 6.08 Å². The molecule has 0 aromatic heterocycles. The summed E-state index contributed by atoms with van der Waals surface area (Å²) in [6.45, 7) is 6.82. The fourth-order valence-electron chi connectivity index (χ4n) is 2.47. The topological polar surface area (TPSA) is 99.1 Å². The minimum absolute atomic E-state index is 0. The van der Waals surface area contributed by atoms with E-state index in [-0.39, 0.29) is 42.0 Å². The average molecular weight is 410 g/mol. The molecule has 1 unspecified atom stereocenters. The molecule has 3 atom stereocenters. The number of hydrogen-bond donors (Lipinski definition) is 1. The molecule has 1 aromatic carbocycles. The number of carboxylic acids is 1. The van der Waals surface area contributed by atoms with Crippen LogP contribution in [0.15, 0.2) is 49.1 Å². The third-order valence-electron chi connectivity index (χ3n) is 3.89. The molecule has 8 heteroatoms. The molecular weight excluding hydrogens is 383 g/mol. The molecule has 1 heterocycles. The maximum Gasteiger partial charge on any atom is 0.330 e. The van der Waals surface area contributed by atoms with Crippen LogP contribution >= 0.6 is 0 Å². The fraction of sp³-hybridized carbons (Fsp3) is 0.381. The first-order valence-electron chi connectivity index (χ1n) is 8.85. The predicted molar refractivity (Wildman–Crippen MR) is 106 cm³/mol. The zero-order chi connectivity index (χ0) is 20.9. The number of carbonyl (C=O) groups is 3. The number of benzene rings is 1. The van der Waals surface area contributed by atoms with Crippen molar-refractivity contribution in [1.29, 1.82) is 0 Å². The van der Waals surface area contributed by atoms with Crippen LogP contribution in [0.4, 0.5) is 4.70 Å². The summed E-state index contributed by atoms with van der Waals surface area (Å²) in [4.78, 5) is 31.8. The molecule has 0 amide bonds. The van der Waals surface area contributed by atoms with Gasteiger partial charge in [0.25, 0.3) is 0 Å². The normalized spacial score (nSPS) is 20.0. The molecule has 7 nitrogen and oxygen atoms in total. The third kappa shape index (κ3) is 11.4. The van der Waals surface area contributed by atoms with Crippen LogP contribution in [0.3, 0.4) is 0 Å². The number of carboxylic acid groups (broad SMARTS) is 1. The Bertz CT molecular complexity index is 688. The summed E-state index contributed by atoms with van der Waals surface area (Å²) in [5.74, 6) is -1.43. The molecule has 29 heavy (non-hydrogen) atoms. The van der Waals surface area contributed by atoms with E-state index in [0.29, 0.717) is 0 Å². The van der Waals surface area contributed by atoms with Gasteiger partial charge in [0, 0.05) is 19.1 Å². The first-order valence-corrected chi connectivity index (χ1v) is 8.85. The smallest absolute Gasteiger partial charge is 0.330 e. The summed E-state index contributed by atoms with van der Waals surface area (Å²) >= 11 is 0. The van der Waals surface area contributed by atoms with Crippen LogP contribution in [0.2, 0.25) is 0 Å². The molecule has 0 radical (unpaired) electrons. The van der Waals surface area contributed by atoms with E-state index >= 15 is 0 Å². The molecule has 1 aliphatic rings. The number of esters is 2. The van der Waals surface area contributed by atoms with Gasteiger partial charge in [-0.05, 0) is 24.0 Å². The summed E-state index contributed by atoms with van der Waals surface area (Å²) in [7, 11) is 0. The predicted octanol–water partition coefficient (Wildman–Crippen LogP) is 3.01. The Kier molecular flexibility index (Phi) is 12.6. The van der Waals surface area contributed by atoms with Gasteiger partial charge in [-0.15, -0.1) is 0 Å². The molecule has 160 valence electrons. The second-order valence-electron chi connectivity index (χ2n) is 6.23. The molecule has 0 bridgehead atoms. The van der Waals surface area contributed by atoms with Crippen molar-refractivity contribution in [3.63, 3.8) is 0 Å². The van der Waals surface area contributed by atoms with Crippen LogP contribution < -0.4 is 0 Å². The number of rotatable bonds is 7. The monoisotopic (exact) mass is 410 g/mol. The molecular formula is C21H27FO7. The van der Waals surface area contributed by atoms with Gasteiger partial charge in [-0.25, -0.2) is 9.59 Å². The first kappa shape index (κ1) is 26.0. The van der Waals surface area contributed by atoms with Crippen molar-refractivity contribution >= 4 is 24.0 Å². The van der Waals surface area contributed by atoms with E-state index in [1.54, 1.807) is 6.08 Å². The zero-order valence-corrected chi connectivity index (χ0v) is 16.5. The lowest BCUT2D eigenvalue weighted by Crippen LogP contribution is -2.24. The number of carbonyl (C=O) groups excluding carboxylic acids is 2. The molecule has 1 saturated heterocycles. The van der Waals surface area contributed by atoms with Crippen molar-refractivity contribution in [2.45, 2.75) is 32.5 Å². The lowest BCUT2D eigenvalue weighted by Gasteiger charge is -2.15. The van der Waals surface area contributed by atoms with E-state index in [9.17, 15) is 14.4 Å². The highest BCUT2D eigenvalue weighted by molar-refractivity contribution is 5.87. The van der Waals surface area contributed by atoms with Crippen molar-refractivity contribution in [2.24, 2.45) is 5.92 Å². The van der Waals surface area contributed by atoms with E-state index in [2.05, 4.69) is 6.58 Å². The Morgan fingerprint density at radius 1 is 1.21 bits per heavy atom. The highest BCUT2D eigenvalue weighted by atomic mass is 19.0. The van der Waals surface area contributed by atoms with Gasteiger partial charge in [-0.3, -0.25) is 9.50 Å². The van der Waals surface area contributed by atoms with Gasteiger partial charge in [-0.1, -0.05) is 43.8 Å².